The molecule has 0 aliphatic carbocycles. The number of piperidine rings is 1. The molecule has 0 atom stereocenters. The van der Waals surface area contributed by atoms with Crippen molar-refractivity contribution < 1.29 is 0 Å². The second-order valence-corrected chi connectivity index (χ2v) is 7.98. The third-order valence-electron chi connectivity index (χ3n) is 5.39. The number of halogens is 2. The summed E-state index contributed by atoms with van der Waals surface area (Å²) in [5.41, 5.74) is 3.09. The molecule has 0 unspecified atom stereocenters. The zero-order valence-electron chi connectivity index (χ0n) is 14.7. The molecule has 4 rings (SSSR count). The number of hydrogen-bond acceptors (Lipinski definition) is 4. The first-order valence-corrected chi connectivity index (χ1v) is 9.55. The van der Waals surface area contributed by atoms with Gasteiger partial charge in [0.05, 0.1) is 28.5 Å². The van der Waals surface area contributed by atoms with E-state index >= 15 is 0 Å². The van der Waals surface area contributed by atoms with Crippen LogP contribution in [0.25, 0.3) is 0 Å². The molecule has 2 aromatic rings. The van der Waals surface area contributed by atoms with E-state index in [0.717, 1.165) is 49.6 Å². The number of nitrogens with one attached hydrogen (secondary N) is 1. The van der Waals surface area contributed by atoms with E-state index in [-0.39, 0.29) is 5.41 Å². The minimum absolute atomic E-state index is 0.0128. The van der Waals surface area contributed by atoms with E-state index in [1.165, 1.54) is 5.56 Å². The van der Waals surface area contributed by atoms with Crippen LogP contribution in [0.4, 0.5) is 5.69 Å². The van der Waals surface area contributed by atoms with Gasteiger partial charge in [0.25, 0.3) is 0 Å². The molecule has 1 aromatic carbocycles. The summed E-state index contributed by atoms with van der Waals surface area (Å²) >= 11 is 12.5. The van der Waals surface area contributed by atoms with Crippen LogP contribution in [0.3, 0.4) is 0 Å². The van der Waals surface area contributed by atoms with E-state index in [1.54, 1.807) is 18.6 Å². The van der Waals surface area contributed by atoms with Gasteiger partial charge in [0.1, 0.15) is 5.84 Å². The third-order valence-corrected chi connectivity index (χ3v) is 6.11. The largest absolute Gasteiger partial charge is 0.343 e. The van der Waals surface area contributed by atoms with Gasteiger partial charge in [-0.05, 0) is 57.1 Å². The fourth-order valence-corrected chi connectivity index (χ4v) is 4.15. The highest BCUT2D eigenvalue weighted by atomic mass is 35.5. The number of benzene rings is 1. The van der Waals surface area contributed by atoms with Crippen LogP contribution in [-0.2, 0) is 13.0 Å². The Morgan fingerprint density at radius 3 is 2.69 bits per heavy atom. The maximum absolute atomic E-state index is 6.26. The van der Waals surface area contributed by atoms with Crippen molar-refractivity contribution in [1.29, 1.82) is 0 Å². The summed E-state index contributed by atoms with van der Waals surface area (Å²) in [4.78, 5) is 15.7. The third kappa shape index (κ3) is 3.43. The number of nitrogens with zero attached hydrogens (tertiary/aromatic N) is 4. The van der Waals surface area contributed by atoms with Crippen LogP contribution in [-0.4, -0.2) is 40.8 Å². The second-order valence-electron chi connectivity index (χ2n) is 7.17. The van der Waals surface area contributed by atoms with Crippen LogP contribution in [0.1, 0.15) is 24.1 Å². The van der Waals surface area contributed by atoms with Gasteiger partial charge < -0.3 is 10.2 Å². The lowest BCUT2D eigenvalue weighted by Gasteiger charge is -2.45. The summed E-state index contributed by atoms with van der Waals surface area (Å²) in [6.45, 7) is 2.63. The molecule has 0 saturated carbocycles. The van der Waals surface area contributed by atoms with Crippen LogP contribution in [0, 0.1) is 5.41 Å². The lowest BCUT2D eigenvalue weighted by Crippen LogP contribution is -2.49. The Morgan fingerprint density at radius 1 is 1.19 bits per heavy atom. The quantitative estimate of drug-likeness (QED) is 0.840. The Hall–Kier alpha value is -1.69. The standard InChI is InChI=1S/C19H21Cl2N5/c1-26-6-2-19(3-7-26)10-13-8-15(20)16(21)9-17(13)25-18(19)24-12-14-11-22-4-5-23-14/h4-5,8-9,11H,2-3,6-7,10,12H2,1H3,(H,24,25). The van der Waals surface area contributed by atoms with Crippen molar-refractivity contribution in [3.8, 4) is 0 Å². The van der Waals surface area contributed by atoms with Crippen molar-refractivity contribution in [2.45, 2.75) is 25.8 Å². The van der Waals surface area contributed by atoms with Gasteiger partial charge in [-0.25, -0.2) is 0 Å². The van der Waals surface area contributed by atoms with Crippen LogP contribution in [0.2, 0.25) is 10.0 Å². The molecule has 136 valence electrons. The van der Waals surface area contributed by atoms with Crippen LogP contribution < -0.4 is 5.32 Å². The van der Waals surface area contributed by atoms with Crippen molar-refractivity contribution in [2.24, 2.45) is 10.4 Å². The smallest absolute Gasteiger partial charge is 0.108 e. The predicted octanol–water partition coefficient (Wildman–Crippen LogP) is 4.06. The molecule has 3 heterocycles. The summed E-state index contributed by atoms with van der Waals surface area (Å²) in [6, 6.07) is 3.89. The van der Waals surface area contributed by atoms with E-state index in [9.17, 15) is 0 Å². The van der Waals surface area contributed by atoms with Crippen LogP contribution >= 0.6 is 23.2 Å². The average molecular weight is 390 g/mol. The SMILES string of the molecule is CN1CCC2(CC1)Cc1cc(Cl)c(Cl)cc1NC2=NCc1cnccn1. The molecular weight excluding hydrogens is 369 g/mol. The fourth-order valence-electron chi connectivity index (χ4n) is 3.80. The van der Waals surface area contributed by atoms with Crippen molar-refractivity contribution in [2.75, 3.05) is 25.5 Å². The Morgan fingerprint density at radius 2 is 1.96 bits per heavy atom. The number of anilines is 1. The molecule has 1 N–H and O–H groups in total. The topological polar surface area (TPSA) is 53.4 Å². The van der Waals surface area contributed by atoms with Gasteiger partial charge in [-0.3, -0.25) is 15.0 Å². The lowest BCUT2D eigenvalue weighted by molar-refractivity contribution is 0.178. The van der Waals surface area contributed by atoms with Gasteiger partial charge in [0, 0.05) is 23.5 Å². The van der Waals surface area contributed by atoms with Crippen molar-refractivity contribution >= 4 is 34.7 Å². The molecule has 0 bridgehead atoms. The lowest BCUT2D eigenvalue weighted by atomic mass is 9.70. The summed E-state index contributed by atoms with van der Waals surface area (Å²) in [5, 5.41) is 4.72. The Bertz CT molecular complexity index is 829. The molecule has 5 nitrogen and oxygen atoms in total. The van der Waals surface area contributed by atoms with Gasteiger partial charge in [-0.2, -0.15) is 0 Å². The van der Waals surface area contributed by atoms with Gasteiger partial charge in [0.2, 0.25) is 0 Å². The predicted molar refractivity (Wildman–Crippen MR) is 106 cm³/mol. The molecule has 1 saturated heterocycles. The maximum atomic E-state index is 6.26. The minimum atomic E-state index is 0.0128. The van der Waals surface area contributed by atoms with E-state index in [1.807, 2.05) is 12.1 Å². The van der Waals surface area contributed by atoms with Crippen LogP contribution in [0.5, 0.6) is 0 Å². The number of fused-ring (bicyclic) bond motifs is 1. The average Bonchev–Trinajstić information content (AvgIpc) is 2.65. The first-order valence-electron chi connectivity index (χ1n) is 8.79. The van der Waals surface area contributed by atoms with Crippen molar-refractivity contribution in [1.82, 2.24) is 14.9 Å². The maximum Gasteiger partial charge on any atom is 0.108 e. The van der Waals surface area contributed by atoms with Gasteiger partial charge in [-0.15, -0.1) is 0 Å². The fraction of sp³-hybridized carbons (Fsp3) is 0.421. The summed E-state index contributed by atoms with van der Waals surface area (Å²) < 4.78 is 0. The highest BCUT2D eigenvalue weighted by Crippen LogP contribution is 2.44. The van der Waals surface area contributed by atoms with Gasteiger partial charge in [-0.1, -0.05) is 23.2 Å². The van der Waals surface area contributed by atoms with E-state index in [2.05, 4.69) is 27.2 Å². The zero-order chi connectivity index (χ0) is 18.1. The molecular formula is C19H21Cl2N5. The first-order chi connectivity index (χ1) is 12.6. The van der Waals surface area contributed by atoms with Gasteiger partial charge >= 0.3 is 0 Å². The van der Waals surface area contributed by atoms with E-state index in [4.69, 9.17) is 28.2 Å². The van der Waals surface area contributed by atoms with Crippen molar-refractivity contribution in [3.63, 3.8) is 0 Å². The highest BCUT2D eigenvalue weighted by Gasteiger charge is 2.42. The number of likely N-dealkylation sites (tertiary alicyclic amines) is 1. The monoisotopic (exact) mass is 389 g/mol. The zero-order valence-corrected chi connectivity index (χ0v) is 16.2. The molecule has 0 radical (unpaired) electrons. The van der Waals surface area contributed by atoms with Crippen molar-refractivity contribution in [3.05, 3.63) is 52.0 Å². The molecule has 26 heavy (non-hydrogen) atoms. The summed E-state index contributed by atoms with van der Waals surface area (Å²) in [5.74, 6) is 1.03. The minimum Gasteiger partial charge on any atom is -0.343 e. The number of amidine groups is 1. The number of rotatable bonds is 2. The Balaban J connectivity index is 1.70. The first kappa shape index (κ1) is 17.7. The molecule has 1 aromatic heterocycles. The molecule has 2 aliphatic heterocycles. The Labute approximate surface area is 163 Å². The van der Waals surface area contributed by atoms with E-state index in [0.29, 0.717) is 16.6 Å². The number of aromatic nitrogens is 2. The molecule has 2 aliphatic rings. The molecule has 1 fully saturated rings. The highest BCUT2D eigenvalue weighted by molar-refractivity contribution is 6.42. The second kappa shape index (κ2) is 7.14. The Kier molecular flexibility index (Phi) is 4.86. The normalized spacial score (nSPS) is 20.8. The number of aliphatic imine (C=N–C) groups is 1. The molecule has 1 spiro atoms. The summed E-state index contributed by atoms with van der Waals surface area (Å²) in [6.07, 6.45) is 8.20. The van der Waals surface area contributed by atoms with Gasteiger partial charge in [0.15, 0.2) is 0 Å². The molecule has 0 amide bonds. The van der Waals surface area contributed by atoms with E-state index < -0.39 is 0 Å². The molecule has 7 heteroatoms. The van der Waals surface area contributed by atoms with Crippen LogP contribution in [0.15, 0.2) is 35.7 Å². The number of hydrogen-bond donors (Lipinski definition) is 1. The summed E-state index contributed by atoms with van der Waals surface area (Å²) in [7, 11) is 2.17.